The lowest BCUT2D eigenvalue weighted by Gasteiger charge is -2.35. The molecule has 5 rings (SSSR count). The molecule has 31 heavy (non-hydrogen) atoms. The van der Waals surface area contributed by atoms with Gasteiger partial charge in [0.25, 0.3) is 10.0 Å². The fourth-order valence-corrected chi connectivity index (χ4v) is 8.42. The molecule has 1 aliphatic rings. The van der Waals surface area contributed by atoms with Crippen LogP contribution in [-0.4, -0.2) is 53.9 Å². The van der Waals surface area contributed by atoms with E-state index in [9.17, 15) is 13.2 Å². The van der Waals surface area contributed by atoms with Crippen LogP contribution < -0.4 is 9.77 Å². The summed E-state index contributed by atoms with van der Waals surface area (Å²) in [5, 5.41) is 5.19. The van der Waals surface area contributed by atoms with Crippen LogP contribution in [0.1, 0.15) is 11.5 Å². The predicted molar refractivity (Wildman–Crippen MR) is 126 cm³/mol. The van der Waals surface area contributed by atoms with Crippen LogP contribution in [0, 0.1) is 13.8 Å². The van der Waals surface area contributed by atoms with Gasteiger partial charge in [0.2, 0.25) is 0 Å². The first-order chi connectivity index (χ1) is 14.8. The van der Waals surface area contributed by atoms with Crippen LogP contribution in [0.3, 0.4) is 0 Å². The van der Waals surface area contributed by atoms with Crippen molar-refractivity contribution in [1.82, 2.24) is 19.3 Å². The first-order valence-electron chi connectivity index (χ1n) is 9.59. The first-order valence-corrected chi connectivity index (χ1v) is 13.6. The van der Waals surface area contributed by atoms with Gasteiger partial charge in [-0.2, -0.15) is 4.31 Å². The summed E-state index contributed by atoms with van der Waals surface area (Å²) in [6.45, 7) is 5.19. The minimum absolute atomic E-state index is 0.101. The molecule has 0 aliphatic carbocycles. The zero-order chi connectivity index (χ0) is 21.8. The number of thiophene rings is 2. The van der Waals surface area contributed by atoms with Gasteiger partial charge in [-0.15, -0.1) is 22.7 Å². The maximum Gasteiger partial charge on any atom is 0.305 e. The highest BCUT2D eigenvalue weighted by molar-refractivity contribution is 7.91. The van der Waals surface area contributed by atoms with Crippen molar-refractivity contribution in [2.45, 2.75) is 18.1 Å². The molecule has 1 aliphatic heterocycles. The quantitative estimate of drug-likeness (QED) is 0.468. The molecule has 1 fully saturated rings. The molecular weight excluding hydrogens is 475 g/mol. The fourth-order valence-electron chi connectivity index (χ4n) is 3.76. The Hall–Kier alpha value is -2.12. The topological polar surface area (TPSA) is 99.3 Å². The summed E-state index contributed by atoms with van der Waals surface area (Å²) in [7, 11) is -3.70. The highest BCUT2D eigenvalue weighted by Gasteiger charge is 2.32. The summed E-state index contributed by atoms with van der Waals surface area (Å²) in [4.78, 5) is 27.4. The number of nitrogens with one attached hydrogen (secondary N) is 1. The fraction of sp³-hybridized carbons (Fsp3) is 0.316. The number of rotatable bonds is 4. The molecule has 1 N–H and O–H groups in total. The summed E-state index contributed by atoms with van der Waals surface area (Å²) < 4.78 is 27.6. The molecule has 4 aromatic rings. The Labute approximate surface area is 190 Å². The summed E-state index contributed by atoms with van der Waals surface area (Å²) in [5.74, 6) is 1.55. The smallest absolute Gasteiger partial charge is 0.305 e. The van der Waals surface area contributed by atoms with Crippen molar-refractivity contribution < 1.29 is 8.42 Å². The highest BCUT2D eigenvalue weighted by atomic mass is 32.2. The van der Waals surface area contributed by atoms with Gasteiger partial charge < -0.3 is 9.88 Å². The Bertz CT molecular complexity index is 1410. The van der Waals surface area contributed by atoms with E-state index < -0.39 is 10.0 Å². The molecule has 162 valence electrons. The summed E-state index contributed by atoms with van der Waals surface area (Å²) in [5.41, 5.74) is 1.51. The Morgan fingerprint density at radius 2 is 1.87 bits per heavy atom. The standard InChI is InChI=1S/C19H19N5O3S4/c1-11-18(30-19(25)20-11)31(26,27)24-7-5-23(6-8-24)16-15-13(14-4-3-9-28-14)10-29-17(15)22-12(2)21-16/h3-4,9-10H,5-8H2,1-2H3,(H,20,25). The van der Waals surface area contributed by atoms with Crippen LogP contribution >= 0.6 is 34.0 Å². The maximum absolute atomic E-state index is 13.0. The van der Waals surface area contributed by atoms with Crippen molar-refractivity contribution >= 4 is 60.1 Å². The van der Waals surface area contributed by atoms with Crippen LogP contribution in [-0.2, 0) is 10.0 Å². The predicted octanol–water partition coefficient (Wildman–Crippen LogP) is 3.30. The van der Waals surface area contributed by atoms with Gasteiger partial charge in [0.15, 0.2) is 4.21 Å². The van der Waals surface area contributed by atoms with Crippen molar-refractivity contribution in [2.24, 2.45) is 0 Å². The third kappa shape index (κ3) is 3.61. The van der Waals surface area contributed by atoms with Gasteiger partial charge in [0.05, 0.1) is 5.39 Å². The van der Waals surface area contributed by atoms with Gasteiger partial charge in [-0.25, -0.2) is 18.4 Å². The number of hydrogen-bond donors (Lipinski definition) is 1. The zero-order valence-corrected chi connectivity index (χ0v) is 20.1. The number of thiazole rings is 1. The molecule has 4 aromatic heterocycles. The van der Waals surface area contributed by atoms with E-state index in [1.807, 2.05) is 13.0 Å². The second kappa shape index (κ2) is 7.78. The molecule has 1 saturated heterocycles. The van der Waals surface area contributed by atoms with Crippen LogP contribution in [0.2, 0.25) is 0 Å². The third-order valence-corrected chi connectivity index (χ3v) is 10.5. The Balaban J connectivity index is 1.47. The lowest BCUT2D eigenvalue weighted by Crippen LogP contribution is -2.49. The largest absolute Gasteiger partial charge is 0.353 e. The minimum Gasteiger partial charge on any atom is -0.353 e. The SMILES string of the molecule is Cc1nc(N2CCN(S(=O)(=O)c3sc(=O)[nH]c3C)CC2)c2c(-c3cccs3)csc2n1. The molecule has 0 unspecified atom stereocenters. The number of aromatic nitrogens is 3. The lowest BCUT2D eigenvalue weighted by atomic mass is 10.2. The molecule has 0 radical (unpaired) electrons. The number of aryl methyl sites for hydroxylation is 2. The molecule has 0 amide bonds. The van der Waals surface area contributed by atoms with Crippen LogP contribution in [0.25, 0.3) is 20.7 Å². The van der Waals surface area contributed by atoms with Gasteiger partial charge >= 0.3 is 4.87 Å². The Kier molecular flexibility index (Phi) is 5.21. The van der Waals surface area contributed by atoms with E-state index in [1.165, 1.54) is 9.18 Å². The van der Waals surface area contributed by atoms with Gasteiger partial charge in [0, 0.05) is 47.7 Å². The average Bonchev–Trinajstić information content (AvgIpc) is 3.47. The van der Waals surface area contributed by atoms with Gasteiger partial charge in [0.1, 0.15) is 16.5 Å². The number of sulfonamides is 1. The summed E-state index contributed by atoms with van der Waals surface area (Å²) in [6.07, 6.45) is 0. The third-order valence-electron chi connectivity index (χ3n) is 5.21. The first kappa shape index (κ1) is 20.8. The van der Waals surface area contributed by atoms with E-state index in [0.29, 0.717) is 37.7 Å². The highest BCUT2D eigenvalue weighted by Crippen LogP contribution is 2.40. The number of piperazine rings is 1. The minimum atomic E-state index is -3.70. The van der Waals surface area contributed by atoms with Crippen molar-refractivity contribution in [1.29, 1.82) is 0 Å². The van der Waals surface area contributed by atoms with Crippen LogP contribution in [0.5, 0.6) is 0 Å². The molecule has 0 spiro atoms. The molecule has 0 bridgehead atoms. The number of fused-ring (bicyclic) bond motifs is 1. The zero-order valence-electron chi connectivity index (χ0n) is 16.8. The lowest BCUT2D eigenvalue weighted by molar-refractivity contribution is 0.385. The monoisotopic (exact) mass is 493 g/mol. The average molecular weight is 494 g/mol. The van der Waals surface area contributed by atoms with Gasteiger partial charge in [-0.1, -0.05) is 17.4 Å². The summed E-state index contributed by atoms with van der Waals surface area (Å²) in [6, 6.07) is 4.12. The molecule has 12 heteroatoms. The van der Waals surface area contributed by atoms with Crippen molar-refractivity contribution in [3.63, 3.8) is 0 Å². The normalized spacial score (nSPS) is 15.7. The van der Waals surface area contributed by atoms with E-state index in [2.05, 4.69) is 31.7 Å². The number of H-pyrrole nitrogens is 1. The summed E-state index contributed by atoms with van der Waals surface area (Å²) >= 11 is 4.02. The molecule has 0 atom stereocenters. The van der Waals surface area contributed by atoms with Crippen LogP contribution in [0.4, 0.5) is 5.82 Å². The Morgan fingerprint density at radius 3 is 2.52 bits per heavy atom. The second-order valence-electron chi connectivity index (χ2n) is 7.22. The van der Waals surface area contributed by atoms with Crippen LogP contribution in [0.15, 0.2) is 31.9 Å². The van der Waals surface area contributed by atoms with E-state index in [0.717, 1.165) is 32.9 Å². The Morgan fingerprint density at radius 1 is 1.10 bits per heavy atom. The van der Waals surface area contributed by atoms with Crippen molar-refractivity contribution in [2.75, 3.05) is 31.1 Å². The van der Waals surface area contributed by atoms with Crippen molar-refractivity contribution in [3.05, 3.63) is 44.1 Å². The van der Waals surface area contributed by atoms with Crippen molar-refractivity contribution in [3.8, 4) is 10.4 Å². The number of nitrogens with zero attached hydrogens (tertiary/aromatic N) is 4. The number of hydrogen-bond acceptors (Lipinski definition) is 9. The van der Waals surface area contributed by atoms with E-state index in [-0.39, 0.29) is 9.08 Å². The molecule has 0 saturated carbocycles. The van der Waals surface area contributed by atoms with E-state index in [1.54, 1.807) is 29.6 Å². The van der Waals surface area contributed by atoms with E-state index >= 15 is 0 Å². The maximum atomic E-state index is 13.0. The molecular formula is C19H19N5O3S4. The van der Waals surface area contributed by atoms with E-state index in [4.69, 9.17) is 4.98 Å². The number of anilines is 1. The van der Waals surface area contributed by atoms with Gasteiger partial charge in [-0.05, 0) is 25.3 Å². The second-order valence-corrected chi connectivity index (χ2v) is 12.1. The molecule has 0 aromatic carbocycles. The number of aromatic amines is 1. The molecule has 5 heterocycles. The van der Waals surface area contributed by atoms with Gasteiger partial charge in [-0.3, -0.25) is 4.79 Å². The molecule has 8 nitrogen and oxygen atoms in total.